The van der Waals surface area contributed by atoms with E-state index in [0.29, 0.717) is 66.0 Å². The number of aryl methyl sites for hydroxylation is 1. The van der Waals surface area contributed by atoms with Crippen molar-refractivity contribution in [1.29, 1.82) is 0 Å². The van der Waals surface area contributed by atoms with Gasteiger partial charge in [0.2, 0.25) is 0 Å². The van der Waals surface area contributed by atoms with Crippen LogP contribution in [0.1, 0.15) is 73.4 Å². The van der Waals surface area contributed by atoms with Gasteiger partial charge in [0.25, 0.3) is 0 Å². The Morgan fingerprint density at radius 2 is 1.87 bits per heavy atom. The Labute approximate surface area is 266 Å². The number of carbonyl (C=O) groups excluding carboxylic acids is 1. The molecule has 0 atom stereocenters. The predicted molar refractivity (Wildman–Crippen MR) is 169 cm³/mol. The molecule has 13 heteroatoms. The van der Waals surface area contributed by atoms with E-state index in [0.717, 1.165) is 24.4 Å². The van der Waals surface area contributed by atoms with Crippen LogP contribution >= 0.6 is 11.3 Å². The summed E-state index contributed by atoms with van der Waals surface area (Å²) in [4.78, 5) is 43.1. The Kier molecular flexibility index (Phi) is 12.5. The minimum Gasteiger partial charge on any atom is -0.481 e. The standard InChI is InChI=1S/C31H38F3N5O4S.CH4/c1-5-8-38(17-19(2)3)18-26-29(22-11-20(4)12-23(13-22)43-31(32,33)34)37-28(44-26)14-25(40)24-15-36-27(16-35-24)39-9-6-21(7-10-39)30(41)42;/h11-13,15-16,19,21H,5-10,14,17-18H2,1-4H3,(H,41,42);1H4. The number of hydrogen-bond donors (Lipinski definition) is 1. The average molecular weight is 650 g/mol. The largest absolute Gasteiger partial charge is 0.573 e. The van der Waals surface area contributed by atoms with Gasteiger partial charge in [0.1, 0.15) is 22.3 Å². The monoisotopic (exact) mass is 649 g/mol. The molecule has 3 heterocycles. The molecule has 3 aromatic rings. The molecule has 0 radical (unpaired) electrons. The maximum absolute atomic E-state index is 13.2. The number of alkyl halides is 3. The van der Waals surface area contributed by atoms with Crippen molar-refractivity contribution in [3.8, 4) is 17.0 Å². The van der Waals surface area contributed by atoms with E-state index in [1.807, 2.05) is 4.90 Å². The molecule has 0 saturated carbocycles. The maximum atomic E-state index is 13.2. The highest BCUT2D eigenvalue weighted by molar-refractivity contribution is 7.12. The van der Waals surface area contributed by atoms with Gasteiger partial charge in [-0.05, 0) is 62.4 Å². The minimum atomic E-state index is -4.83. The molecule has 2 aromatic heterocycles. The molecule has 0 aliphatic carbocycles. The highest BCUT2D eigenvalue weighted by Gasteiger charge is 2.32. The second-order valence-corrected chi connectivity index (χ2v) is 12.7. The number of rotatable bonds is 13. The van der Waals surface area contributed by atoms with Gasteiger partial charge in [0.05, 0.1) is 30.4 Å². The van der Waals surface area contributed by atoms with Crippen LogP contribution in [0.4, 0.5) is 19.0 Å². The van der Waals surface area contributed by atoms with E-state index < -0.39 is 12.3 Å². The highest BCUT2D eigenvalue weighted by Crippen LogP contribution is 2.35. The molecule has 1 aliphatic rings. The summed E-state index contributed by atoms with van der Waals surface area (Å²) in [5, 5.41) is 9.76. The number of benzene rings is 1. The second-order valence-electron chi connectivity index (χ2n) is 11.6. The van der Waals surface area contributed by atoms with Crippen LogP contribution in [0.2, 0.25) is 0 Å². The van der Waals surface area contributed by atoms with Crippen molar-refractivity contribution in [3.05, 3.63) is 51.7 Å². The molecule has 0 unspecified atom stereocenters. The quantitative estimate of drug-likeness (QED) is 0.195. The van der Waals surface area contributed by atoms with Gasteiger partial charge in [0.15, 0.2) is 5.78 Å². The number of carbonyl (C=O) groups is 2. The van der Waals surface area contributed by atoms with Crippen molar-refractivity contribution in [1.82, 2.24) is 19.9 Å². The number of ketones is 1. The molecule has 246 valence electrons. The fraction of sp³-hybridized carbons (Fsp3) is 0.531. The Hall–Kier alpha value is -3.58. The Morgan fingerprint density at radius 3 is 2.44 bits per heavy atom. The van der Waals surface area contributed by atoms with Gasteiger partial charge >= 0.3 is 12.3 Å². The van der Waals surface area contributed by atoms with Crippen molar-refractivity contribution in [2.45, 2.75) is 73.7 Å². The summed E-state index contributed by atoms with van der Waals surface area (Å²) in [7, 11) is 0. The Morgan fingerprint density at radius 1 is 1.16 bits per heavy atom. The molecule has 0 amide bonds. The maximum Gasteiger partial charge on any atom is 0.573 e. The fourth-order valence-electron chi connectivity index (χ4n) is 5.37. The number of halogens is 3. The fourth-order valence-corrected chi connectivity index (χ4v) is 6.50. The van der Waals surface area contributed by atoms with E-state index in [1.54, 1.807) is 13.0 Å². The first kappa shape index (κ1) is 35.9. The van der Waals surface area contributed by atoms with Gasteiger partial charge in [-0.25, -0.2) is 15.0 Å². The molecule has 45 heavy (non-hydrogen) atoms. The lowest BCUT2D eigenvalue weighted by atomic mass is 9.97. The van der Waals surface area contributed by atoms with Crippen LogP contribution in [0.5, 0.6) is 5.75 Å². The van der Waals surface area contributed by atoms with Crippen LogP contribution < -0.4 is 9.64 Å². The highest BCUT2D eigenvalue weighted by atomic mass is 32.1. The molecule has 1 aromatic carbocycles. The molecule has 4 rings (SSSR count). The lowest BCUT2D eigenvalue weighted by Gasteiger charge is -2.30. The number of piperidine rings is 1. The molecular weight excluding hydrogens is 607 g/mol. The molecule has 0 bridgehead atoms. The molecule has 1 aliphatic heterocycles. The zero-order chi connectivity index (χ0) is 32.0. The number of carboxylic acid groups (broad SMARTS) is 1. The summed E-state index contributed by atoms with van der Waals surface area (Å²) in [6.07, 6.45) is 0.0555. The number of Topliss-reactive ketones (excluding diaryl/α,β-unsaturated/α-hetero) is 1. The van der Waals surface area contributed by atoms with Gasteiger partial charge in [-0.15, -0.1) is 24.5 Å². The number of aliphatic carboxylic acids is 1. The normalized spacial score (nSPS) is 14.1. The zero-order valence-corrected chi connectivity index (χ0v) is 26.2. The van der Waals surface area contributed by atoms with Crippen LogP contribution in [0.25, 0.3) is 11.3 Å². The Balaban J connectivity index is 0.00000552. The van der Waals surface area contributed by atoms with Gasteiger partial charge in [-0.2, -0.15) is 0 Å². The first-order chi connectivity index (χ1) is 20.8. The van der Waals surface area contributed by atoms with Crippen LogP contribution in [-0.4, -0.2) is 69.3 Å². The molecule has 1 fully saturated rings. The summed E-state index contributed by atoms with van der Waals surface area (Å²) in [5.74, 6) is -0.758. The number of aromatic nitrogens is 3. The van der Waals surface area contributed by atoms with Crippen molar-refractivity contribution >= 4 is 28.9 Å². The number of thiazole rings is 1. The predicted octanol–water partition coefficient (Wildman–Crippen LogP) is 7.04. The third kappa shape index (κ3) is 10.2. The van der Waals surface area contributed by atoms with Crippen molar-refractivity contribution in [3.63, 3.8) is 0 Å². The topological polar surface area (TPSA) is 109 Å². The average Bonchev–Trinajstić information content (AvgIpc) is 3.33. The van der Waals surface area contributed by atoms with E-state index >= 15 is 0 Å². The summed E-state index contributed by atoms with van der Waals surface area (Å²) in [6, 6.07) is 4.43. The third-order valence-corrected chi connectivity index (χ3v) is 8.27. The summed E-state index contributed by atoms with van der Waals surface area (Å²) >= 11 is 1.37. The molecular formula is C32H42F3N5O4S. The van der Waals surface area contributed by atoms with Gasteiger partial charge < -0.3 is 14.7 Å². The van der Waals surface area contributed by atoms with Crippen LogP contribution in [0.3, 0.4) is 0 Å². The van der Waals surface area contributed by atoms with E-state index in [9.17, 15) is 27.9 Å². The first-order valence-electron chi connectivity index (χ1n) is 14.7. The van der Waals surface area contributed by atoms with E-state index in [2.05, 4.69) is 40.4 Å². The number of hydrogen-bond acceptors (Lipinski definition) is 9. The van der Waals surface area contributed by atoms with E-state index in [1.165, 1.54) is 35.9 Å². The van der Waals surface area contributed by atoms with Crippen molar-refractivity contribution < 1.29 is 32.6 Å². The second kappa shape index (κ2) is 15.6. The summed E-state index contributed by atoms with van der Waals surface area (Å²) in [5.41, 5.74) is 1.79. The smallest absolute Gasteiger partial charge is 0.481 e. The third-order valence-electron chi connectivity index (χ3n) is 7.23. The first-order valence-corrected chi connectivity index (χ1v) is 15.5. The van der Waals surface area contributed by atoms with Gasteiger partial charge in [-0.1, -0.05) is 28.2 Å². The van der Waals surface area contributed by atoms with E-state index in [-0.39, 0.29) is 37.0 Å². The number of carboxylic acids is 1. The molecule has 1 saturated heterocycles. The summed E-state index contributed by atoms with van der Waals surface area (Å²) < 4.78 is 43.3. The molecule has 1 N–H and O–H groups in total. The minimum absolute atomic E-state index is 0. The van der Waals surface area contributed by atoms with Crippen molar-refractivity contribution in [2.24, 2.45) is 11.8 Å². The number of anilines is 1. The van der Waals surface area contributed by atoms with Crippen LogP contribution in [-0.2, 0) is 17.8 Å². The van der Waals surface area contributed by atoms with Gasteiger partial charge in [-0.3, -0.25) is 14.5 Å². The van der Waals surface area contributed by atoms with Crippen LogP contribution in [0, 0.1) is 18.8 Å². The lowest BCUT2D eigenvalue weighted by Crippen LogP contribution is -2.36. The number of nitrogens with zero attached hydrogens (tertiary/aromatic N) is 5. The van der Waals surface area contributed by atoms with Crippen molar-refractivity contribution in [2.75, 3.05) is 31.1 Å². The number of ether oxygens (including phenoxy) is 1. The van der Waals surface area contributed by atoms with E-state index in [4.69, 9.17) is 4.98 Å². The molecule has 9 nitrogen and oxygen atoms in total. The SMILES string of the molecule is C.CCCN(Cc1sc(CC(=O)c2cnc(N3CCC(C(=O)O)CC3)cn2)nc1-c1cc(C)cc(OC(F)(F)F)c1)CC(C)C. The Bertz CT molecular complexity index is 1440. The summed E-state index contributed by atoms with van der Waals surface area (Å²) in [6.45, 7) is 11.4. The van der Waals surface area contributed by atoms with Crippen LogP contribution in [0.15, 0.2) is 30.6 Å². The lowest BCUT2D eigenvalue weighted by molar-refractivity contribution is -0.274. The van der Waals surface area contributed by atoms with Gasteiger partial charge in [0, 0.05) is 36.6 Å². The molecule has 0 spiro atoms. The zero-order valence-electron chi connectivity index (χ0n) is 25.4.